The molecule has 178 valence electrons. The molecule has 1 amide bonds. The number of pyridine rings is 1. The monoisotopic (exact) mass is 468 g/mol. The van der Waals surface area contributed by atoms with E-state index >= 15 is 0 Å². The van der Waals surface area contributed by atoms with Crippen molar-refractivity contribution in [1.29, 1.82) is 0 Å². The van der Waals surface area contributed by atoms with Gasteiger partial charge in [-0.25, -0.2) is 0 Å². The largest absolute Gasteiger partial charge is 0.481 e. The van der Waals surface area contributed by atoms with E-state index < -0.39 is 5.97 Å². The Bertz CT molecular complexity index is 1310. The molecule has 0 aliphatic carbocycles. The Kier molecular flexibility index (Phi) is 7.70. The van der Waals surface area contributed by atoms with Gasteiger partial charge in [0.05, 0.1) is 11.3 Å². The van der Waals surface area contributed by atoms with Gasteiger partial charge in [0, 0.05) is 61.7 Å². The standard InChI is InChI=1S/C26H24N4O.C2H4O2/c31-26-22-15-25(30-23(22)10-12-29-26)21-9-11-28-24(14-21)20-8-4-7-19(13-20)17-27-16-18-5-2-1-3-6-18;1-2(3)4/h1-9,11,13-15,27,30H,10,12,16-17H2,(H,29,31);1H3,(H,3,4). The van der Waals surface area contributed by atoms with E-state index in [-0.39, 0.29) is 5.91 Å². The molecular formula is C28H28N4O3. The lowest BCUT2D eigenvalue weighted by Crippen LogP contribution is -2.31. The van der Waals surface area contributed by atoms with Gasteiger partial charge in [0.2, 0.25) is 0 Å². The van der Waals surface area contributed by atoms with Gasteiger partial charge in [0.15, 0.2) is 0 Å². The summed E-state index contributed by atoms with van der Waals surface area (Å²) < 4.78 is 0. The highest BCUT2D eigenvalue weighted by molar-refractivity contribution is 5.97. The highest BCUT2D eigenvalue weighted by Gasteiger charge is 2.20. The van der Waals surface area contributed by atoms with Crippen LogP contribution in [0.4, 0.5) is 0 Å². The van der Waals surface area contributed by atoms with Gasteiger partial charge in [0.1, 0.15) is 0 Å². The van der Waals surface area contributed by atoms with Gasteiger partial charge in [-0.15, -0.1) is 0 Å². The maximum Gasteiger partial charge on any atom is 0.300 e. The van der Waals surface area contributed by atoms with Crippen molar-refractivity contribution >= 4 is 11.9 Å². The average Bonchev–Trinajstić information content (AvgIpc) is 3.31. The van der Waals surface area contributed by atoms with Crippen molar-refractivity contribution in [3.05, 3.63) is 101 Å². The number of aromatic amines is 1. The summed E-state index contributed by atoms with van der Waals surface area (Å²) in [5, 5.41) is 13.8. The molecule has 0 fully saturated rings. The Hall–Kier alpha value is -4.23. The molecule has 0 bridgehead atoms. The van der Waals surface area contributed by atoms with Crippen molar-refractivity contribution in [1.82, 2.24) is 20.6 Å². The molecule has 5 rings (SSSR count). The zero-order chi connectivity index (χ0) is 24.6. The number of fused-ring (bicyclic) bond motifs is 1. The number of carbonyl (C=O) groups is 2. The number of aliphatic carboxylic acids is 1. The first kappa shape index (κ1) is 23.9. The van der Waals surface area contributed by atoms with Crippen LogP contribution in [0.3, 0.4) is 0 Å². The van der Waals surface area contributed by atoms with E-state index in [4.69, 9.17) is 9.90 Å². The number of carboxylic acid groups (broad SMARTS) is 1. The number of benzene rings is 2. The minimum absolute atomic E-state index is 0.00580. The quantitative estimate of drug-likeness (QED) is 0.335. The third-order valence-electron chi connectivity index (χ3n) is 5.60. The van der Waals surface area contributed by atoms with Gasteiger partial charge in [-0.1, -0.05) is 48.5 Å². The summed E-state index contributed by atoms with van der Waals surface area (Å²) in [4.78, 5) is 29.1. The van der Waals surface area contributed by atoms with Crippen LogP contribution in [-0.2, 0) is 24.3 Å². The molecule has 7 nitrogen and oxygen atoms in total. The van der Waals surface area contributed by atoms with Gasteiger partial charge in [-0.2, -0.15) is 0 Å². The number of amides is 1. The van der Waals surface area contributed by atoms with E-state index in [0.29, 0.717) is 6.54 Å². The van der Waals surface area contributed by atoms with Crippen LogP contribution in [-0.4, -0.2) is 33.5 Å². The van der Waals surface area contributed by atoms with Gasteiger partial charge in [-0.3, -0.25) is 14.6 Å². The Morgan fingerprint density at radius 1 is 0.971 bits per heavy atom. The van der Waals surface area contributed by atoms with Crippen molar-refractivity contribution < 1.29 is 14.7 Å². The van der Waals surface area contributed by atoms with Crippen LogP contribution in [0.15, 0.2) is 79.0 Å². The second kappa shape index (κ2) is 11.3. The van der Waals surface area contributed by atoms with E-state index in [1.165, 1.54) is 11.1 Å². The number of carboxylic acids is 1. The summed E-state index contributed by atoms with van der Waals surface area (Å²) >= 11 is 0. The molecule has 0 unspecified atom stereocenters. The van der Waals surface area contributed by atoms with Gasteiger partial charge < -0.3 is 20.7 Å². The fraction of sp³-hybridized carbons (Fsp3) is 0.179. The predicted octanol–water partition coefficient (Wildman–Crippen LogP) is 4.41. The number of H-pyrrole nitrogens is 1. The number of rotatable bonds is 6. The summed E-state index contributed by atoms with van der Waals surface area (Å²) in [6.07, 6.45) is 2.65. The third kappa shape index (κ3) is 6.43. The van der Waals surface area contributed by atoms with Crippen molar-refractivity contribution in [2.75, 3.05) is 6.54 Å². The molecule has 2 aromatic carbocycles. The number of nitrogens with zero attached hydrogens (tertiary/aromatic N) is 1. The number of nitrogens with one attached hydrogen (secondary N) is 3. The SMILES string of the molecule is CC(=O)O.O=C1NCCc2[nH]c(-c3ccnc(-c4cccc(CNCc5ccccc5)c4)c3)cc21. The molecule has 1 aliphatic heterocycles. The molecular weight excluding hydrogens is 440 g/mol. The fourth-order valence-corrected chi connectivity index (χ4v) is 3.99. The maximum absolute atomic E-state index is 12.1. The number of hydrogen-bond acceptors (Lipinski definition) is 4. The number of carbonyl (C=O) groups excluding carboxylic acids is 1. The van der Waals surface area contributed by atoms with Gasteiger partial charge >= 0.3 is 0 Å². The van der Waals surface area contributed by atoms with E-state index in [9.17, 15) is 4.79 Å². The molecule has 4 N–H and O–H groups in total. The molecule has 3 heterocycles. The van der Waals surface area contributed by atoms with Crippen LogP contribution in [0.1, 0.15) is 34.1 Å². The first-order valence-corrected chi connectivity index (χ1v) is 11.5. The minimum Gasteiger partial charge on any atom is -0.481 e. The van der Waals surface area contributed by atoms with Crippen LogP contribution in [0.25, 0.3) is 22.5 Å². The molecule has 0 saturated heterocycles. The lowest BCUT2D eigenvalue weighted by molar-refractivity contribution is -0.134. The Balaban J connectivity index is 0.000000672. The van der Waals surface area contributed by atoms with Gasteiger partial charge in [-0.05, 0) is 35.4 Å². The number of aromatic nitrogens is 2. The Morgan fingerprint density at radius 2 is 1.71 bits per heavy atom. The average molecular weight is 469 g/mol. The summed E-state index contributed by atoms with van der Waals surface area (Å²) in [6, 6.07) is 24.9. The zero-order valence-electron chi connectivity index (χ0n) is 19.5. The van der Waals surface area contributed by atoms with Crippen LogP contribution < -0.4 is 10.6 Å². The summed E-state index contributed by atoms with van der Waals surface area (Å²) in [5.74, 6) is -0.839. The summed E-state index contributed by atoms with van der Waals surface area (Å²) in [5.41, 5.74) is 8.21. The first-order valence-electron chi connectivity index (χ1n) is 11.5. The summed E-state index contributed by atoms with van der Waals surface area (Å²) in [7, 11) is 0. The highest BCUT2D eigenvalue weighted by atomic mass is 16.4. The second-order valence-corrected chi connectivity index (χ2v) is 8.32. The highest BCUT2D eigenvalue weighted by Crippen LogP contribution is 2.27. The maximum atomic E-state index is 12.1. The first-order chi connectivity index (χ1) is 17.0. The molecule has 1 aliphatic rings. The molecule has 35 heavy (non-hydrogen) atoms. The fourth-order valence-electron chi connectivity index (χ4n) is 3.99. The van der Waals surface area contributed by atoms with Crippen molar-refractivity contribution in [3.8, 4) is 22.5 Å². The van der Waals surface area contributed by atoms with Crippen molar-refractivity contribution in [2.24, 2.45) is 0 Å². The van der Waals surface area contributed by atoms with Crippen LogP contribution in [0.5, 0.6) is 0 Å². The smallest absolute Gasteiger partial charge is 0.300 e. The Labute approximate surface area is 204 Å². The lowest BCUT2D eigenvalue weighted by atomic mass is 10.0. The van der Waals surface area contributed by atoms with Crippen LogP contribution >= 0.6 is 0 Å². The van der Waals surface area contributed by atoms with Crippen molar-refractivity contribution in [2.45, 2.75) is 26.4 Å². The number of hydrogen-bond donors (Lipinski definition) is 4. The van der Waals surface area contributed by atoms with E-state index in [0.717, 1.165) is 60.2 Å². The molecule has 0 spiro atoms. The van der Waals surface area contributed by atoms with E-state index in [1.807, 2.05) is 24.4 Å². The van der Waals surface area contributed by atoms with E-state index in [2.05, 4.69) is 75.2 Å². The van der Waals surface area contributed by atoms with Crippen LogP contribution in [0.2, 0.25) is 0 Å². The van der Waals surface area contributed by atoms with Crippen LogP contribution in [0, 0.1) is 0 Å². The normalized spacial score (nSPS) is 12.2. The minimum atomic E-state index is -0.833. The summed E-state index contributed by atoms with van der Waals surface area (Å²) in [6.45, 7) is 3.39. The lowest BCUT2D eigenvalue weighted by Gasteiger charge is -2.11. The third-order valence-corrected chi connectivity index (χ3v) is 5.60. The molecule has 0 saturated carbocycles. The molecule has 0 radical (unpaired) electrons. The topological polar surface area (TPSA) is 107 Å². The van der Waals surface area contributed by atoms with E-state index in [1.54, 1.807) is 0 Å². The molecule has 2 aromatic heterocycles. The Morgan fingerprint density at radius 3 is 2.49 bits per heavy atom. The molecule has 0 atom stereocenters. The zero-order valence-corrected chi connectivity index (χ0v) is 19.5. The van der Waals surface area contributed by atoms with Gasteiger partial charge in [0.25, 0.3) is 11.9 Å². The predicted molar refractivity (Wildman–Crippen MR) is 136 cm³/mol. The molecule has 4 aromatic rings. The second-order valence-electron chi connectivity index (χ2n) is 8.32. The van der Waals surface area contributed by atoms with Crippen molar-refractivity contribution in [3.63, 3.8) is 0 Å². The molecule has 7 heteroatoms.